The van der Waals surface area contributed by atoms with E-state index in [4.69, 9.17) is 11.5 Å². The SMILES string of the molecule is Cc1sc2nc(N)[nH]c(=O)c2c1Sc1ccc(C(=O)N[C@@H](CCC(N)=O)C(=O)O)cc1. The molecule has 31 heavy (non-hydrogen) atoms. The number of anilines is 1. The summed E-state index contributed by atoms with van der Waals surface area (Å²) in [5.41, 5.74) is 10.6. The number of H-pyrrole nitrogens is 1. The number of fused-ring (bicyclic) bond motifs is 1. The van der Waals surface area contributed by atoms with Crippen molar-refractivity contribution in [3.05, 3.63) is 45.1 Å². The summed E-state index contributed by atoms with van der Waals surface area (Å²) >= 11 is 2.72. The molecule has 0 unspecified atom stereocenters. The predicted molar refractivity (Wildman–Crippen MR) is 117 cm³/mol. The fourth-order valence-electron chi connectivity index (χ4n) is 2.81. The number of thiophene rings is 1. The first-order valence-corrected chi connectivity index (χ1v) is 10.7. The van der Waals surface area contributed by atoms with Crippen molar-refractivity contribution in [1.82, 2.24) is 15.3 Å². The minimum absolute atomic E-state index is 0.0566. The molecule has 1 aromatic carbocycles. The third kappa shape index (κ3) is 5.22. The van der Waals surface area contributed by atoms with Crippen molar-refractivity contribution in [2.45, 2.75) is 35.6 Å². The van der Waals surface area contributed by atoms with Gasteiger partial charge in [0, 0.05) is 26.7 Å². The number of hydrogen-bond donors (Lipinski definition) is 5. The second kappa shape index (κ2) is 9.18. The summed E-state index contributed by atoms with van der Waals surface area (Å²) in [4.78, 5) is 56.5. The van der Waals surface area contributed by atoms with Crippen molar-refractivity contribution in [1.29, 1.82) is 0 Å². The Morgan fingerprint density at radius 1 is 1.29 bits per heavy atom. The molecular formula is C19H19N5O5S2. The molecule has 10 nitrogen and oxygen atoms in total. The topological polar surface area (TPSA) is 181 Å². The molecule has 0 aliphatic heterocycles. The maximum Gasteiger partial charge on any atom is 0.326 e. The molecule has 3 aromatic rings. The third-order valence-electron chi connectivity index (χ3n) is 4.32. The van der Waals surface area contributed by atoms with Gasteiger partial charge < -0.3 is 21.9 Å². The normalized spacial score (nSPS) is 11.9. The highest BCUT2D eigenvalue weighted by Gasteiger charge is 2.21. The molecule has 12 heteroatoms. The molecule has 0 saturated carbocycles. The summed E-state index contributed by atoms with van der Waals surface area (Å²) in [7, 11) is 0. The number of benzene rings is 1. The fraction of sp³-hybridized carbons (Fsp3) is 0.211. The maximum absolute atomic E-state index is 12.4. The van der Waals surface area contributed by atoms with Gasteiger partial charge in [-0.3, -0.25) is 19.4 Å². The molecule has 0 saturated heterocycles. The molecule has 162 valence electrons. The molecular weight excluding hydrogens is 442 g/mol. The van der Waals surface area contributed by atoms with Gasteiger partial charge in [-0.1, -0.05) is 11.8 Å². The number of carbonyl (C=O) groups excluding carboxylic acids is 2. The Morgan fingerprint density at radius 3 is 2.58 bits per heavy atom. The average molecular weight is 462 g/mol. The highest BCUT2D eigenvalue weighted by Crippen LogP contribution is 2.39. The lowest BCUT2D eigenvalue weighted by Gasteiger charge is -2.14. The number of nitrogens with two attached hydrogens (primary N) is 2. The molecule has 2 amide bonds. The molecule has 0 aliphatic carbocycles. The highest BCUT2D eigenvalue weighted by atomic mass is 32.2. The number of hydrogen-bond acceptors (Lipinski definition) is 8. The van der Waals surface area contributed by atoms with Gasteiger partial charge in [0.1, 0.15) is 10.9 Å². The number of nitrogens with zero attached hydrogens (tertiary/aromatic N) is 1. The lowest BCUT2D eigenvalue weighted by molar-refractivity contribution is -0.139. The van der Waals surface area contributed by atoms with Crippen LogP contribution in [-0.2, 0) is 9.59 Å². The van der Waals surface area contributed by atoms with E-state index in [1.807, 2.05) is 6.92 Å². The van der Waals surface area contributed by atoms with E-state index in [9.17, 15) is 24.3 Å². The molecule has 2 aromatic heterocycles. The van der Waals surface area contributed by atoms with Gasteiger partial charge in [0.25, 0.3) is 11.5 Å². The van der Waals surface area contributed by atoms with Gasteiger partial charge in [0.15, 0.2) is 0 Å². The quantitative estimate of drug-likeness (QED) is 0.334. The first-order chi connectivity index (χ1) is 14.7. The van der Waals surface area contributed by atoms with Crippen LogP contribution in [-0.4, -0.2) is 38.9 Å². The standard InChI is InChI=1S/C19H19N5O5S2/c1-8-14(13-16(27)23-19(21)24-17(13)30-8)31-10-4-2-9(3-5-10)15(26)22-11(18(28)29)6-7-12(20)25/h2-5,11H,6-7H2,1H3,(H2,20,25)(H,22,26)(H,28,29)(H3,21,23,24,27)/t11-/m0/s1. The second-order valence-electron chi connectivity index (χ2n) is 6.61. The van der Waals surface area contributed by atoms with Crippen LogP contribution in [0.1, 0.15) is 28.1 Å². The number of rotatable bonds is 8. The van der Waals surface area contributed by atoms with Crippen molar-refractivity contribution >= 4 is 57.0 Å². The van der Waals surface area contributed by atoms with E-state index in [1.165, 1.54) is 23.1 Å². The number of carboxylic acid groups (broad SMARTS) is 1. The molecule has 0 spiro atoms. The van der Waals surface area contributed by atoms with Crippen molar-refractivity contribution < 1.29 is 19.5 Å². The van der Waals surface area contributed by atoms with Crippen molar-refractivity contribution in [2.75, 3.05) is 5.73 Å². The van der Waals surface area contributed by atoms with E-state index in [2.05, 4.69) is 15.3 Å². The van der Waals surface area contributed by atoms with E-state index in [1.54, 1.807) is 24.3 Å². The van der Waals surface area contributed by atoms with Crippen LogP contribution in [0.2, 0.25) is 0 Å². The molecule has 0 bridgehead atoms. The van der Waals surface area contributed by atoms with E-state index in [-0.39, 0.29) is 29.9 Å². The van der Waals surface area contributed by atoms with Crippen molar-refractivity contribution in [3.8, 4) is 0 Å². The number of nitrogen functional groups attached to an aromatic ring is 1. The Labute approximate surface area is 184 Å². The number of primary amides is 1. The molecule has 7 N–H and O–H groups in total. The van der Waals surface area contributed by atoms with Gasteiger partial charge in [-0.2, -0.15) is 0 Å². The third-order valence-corrected chi connectivity index (χ3v) is 6.67. The van der Waals surface area contributed by atoms with Crippen LogP contribution in [0.3, 0.4) is 0 Å². The molecule has 0 radical (unpaired) electrons. The number of aryl methyl sites for hydroxylation is 1. The smallest absolute Gasteiger partial charge is 0.326 e. The molecule has 0 fully saturated rings. The van der Waals surface area contributed by atoms with E-state index in [0.29, 0.717) is 10.2 Å². The molecule has 0 aliphatic rings. The maximum atomic E-state index is 12.4. The van der Waals surface area contributed by atoms with Gasteiger partial charge >= 0.3 is 5.97 Å². The van der Waals surface area contributed by atoms with Crippen LogP contribution >= 0.6 is 23.1 Å². The summed E-state index contributed by atoms with van der Waals surface area (Å²) in [6.07, 6.45) is -0.248. The Bertz CT molecular complexity index is 1220. The van der Waals surface area contributed by atoms with E-state index < -0.39 is 23.8 Å². The number of carboxylic acids is 1. The van der Waals surface area contributed by atoms with Gasteiger partial charge in [-0.25, -0.2) is 9.78 Å². The lowest BCUT2D eigenvalue weighted by atomic mass is 10.1. The zero-order valence-corrected chi connectivity index (χ0v) is 17.9. The number of carbonyl (C=O) groups is 3. The minimum Gasteiger partial charge on any atom is -0.480 e. The zero-order chi connectivity index (χ0) is 22.7. The summed E-state index contributed by atoms with van der Waals surface area (Å²) in [6.45, 7) is 1.88. The number of amides is 2. The Kier molecular flexibility index (Phi) is 6.61. The fourth-order valence-corrected chi connectivity index (χ4v) is 4.99. The monoisotopic (exact) mass is 461 g/mol. The average Bonchev–Trinajstić information content (AvgIpc) is 3.00. The van der Waals surface area contributed by atoms with Crippen LogP contribution < -0.4 is 22.3 Å². The van der Waals surface area contributed by atoms with Crippen LogP contribution in [0, 0.1) is 6.92 Å². The van der Waals surface area contributed by atoms with Gasteiger partial charge in [0.2, 0.25) is 11.9 Å². The molecule has 2 heterocycles. The highest BCUT2D eigenvalue weighted by molar-refractivity contribution is 7.99. The van der Waals surface area contributed by atoms with Crippen LogP contribution in [0.25, 0.3) is 10.2 Å². The van der Waals surface area contributed by atoms with Crippen LogP contribution in [0.15, 0.2) is 38.9 Å². The first kappa shape index (κ1) is 22.3. The molecule has 3 rings (SSSR count). The summed E-state index contributed by atoms with van der Waals surface area (Å²) in [6, 6.07) is 5.27. The summed E-state index contributed by atoms with van der Waals surface area (Å²) < 4.78 is 0. The number of aromatic amines is 1. The number of aliphatic carboxylic acids is 1. The summed E-state index contributed by atoms with van der Waals surface area (Å²) in [5.74, 6) is -2.42. The van der Waals surface area contributed by atoms with Gasteiger partial charge in [-0.15, -0.1) is 11.3 Å². The largest absolute Gasteiger partial charge is 0.480 e. The predicted octanol–water partition coefficient (Wildman–Crippen LogP) is 1.47. The van der Waals surface area contributed by atoms with Crippen LogP contribution in [0.4, 0.5) is 5.95 Å². The van der Waals surface area contributed by atoms with E-state index in [0.717, 1.165) is 14.7 Å². The van der Waals surface area contributed by atoms with Gasteiger partial charge in [0.05, 0.1) is 5.39 Å². The Hall–Kier alpha value is -3.38. The Balaban J connectivity index is 1.76. The summed E-state index contributed by atoms with van der Waals surface area (Å²) in [5, 5.41) is 12.1. The second-order valence-corrected chi connectivity index (χ2v) is 8.90. The minimum atomic E-state index is -1.25. The first-order valence-electron chi connectivity index (χ1n) is 9.04. The Morgan fingerprint density at radius 2 is 1.97 bits per heavy atom. The van der Waals surface area contributed by atoms with Crippen molar-refractivity contribution in [2.24, 2.45) is 5.73 Å². The van der Waals surface area contributed by atoms with E-state index >= 15 is 0 Å². The lowest BCUT2D eigenvalue weighted by Crippen LogP contribution is -2.41. The van der Waals surface area contributed by atoms with Crippen molar-refractivity contribution in [3.63, 3.8) is 0 Å². The number of nitrogens with one attached hydrogen (secondary N) is 2. The zero-order valence-electron chi connectivity index (χ0n) is 16.3. The van der Waals surface area contributed by atoms with Crippen LogP contribution in [0.5, 0.6) is 0 Å². The van der Waals surface area contributed by atoms with Gasteiger partial charge in [-0.05, 0) is 37.6 Å². The molecule has 1 atom stereocenters. The number of aromatic nitrogens is 2.